The van der Waals surface area contributed by atoms with Crippen molar-refractivity contribution in [2.24, 2.45) is 0 Å². The third kappa shape index (κ3) is 2.96. The zero-order chi connectivity index (χ0) is 13.9. The van der Waals surface area contributed by atoms with Gasteiger partial charge in [-0.15, -0.1) is 11.6 Å². The third-order valence-corrected chi connectivity index (χ3v) is 3.03. The normalized spacial score (nSPS) is 12.3. The molecule has 2 nitrogen and oxygen atoms in total. The van der Waals surface area contributed by atoms with Crippen LogP contribution in [0.5, 0.6) is 0 Å². The molecular formula is C12H13ClF3NO. The van der Waals surface area contributed by atoms with Crippen LogP contribution in [0, 0.1) is 17.5 Å². The molecule has 1 aromatic rings. The maximum Gasteiger partial charge on any atom is 0.245 e. The Morgan fingerprint density at radius 3 is 2.17 bits per heavy atom. The van der Waals surface area contributed by atoms with Crippen molar-refractivity contribution in [2.75, 3.05) is 13.1 Å². The Kier molecular flexibility index (Phi) is 5.02. The topological polar surface area (TPSA) is 20.3 Å². The summed E-state index contributed by atoms with van der Waals surface area (Å²) in [6.07, 6.45) is 0. The predicted molar refractivity (Wildman–Crippen MR) is 62.8 cm³/mol. The molecule has 18 heavy (non-hydrogen) atoms. The molecule has 100 valence electrons. The summed E-state index contributed by atoms with van der Waals surface area (Å²) in [5.41, 5.74) is -0.354. The first-order valence-corrected chi connectivity index (χ1v) is 5.93. The highest BCUT2D eigenvalue weighted by atomic mass is 35.5. The van der Waals surface area contributed by atoms with Gasteiger partial charge in [-0.1, -0.05) is 0 Å². The van der Waals surface area contributed by atoms with E-state index in [9.17, 15) is 18.0 Å². The summed E-state index contributed by atoms with van der Waals surface area (Å²) in [7, 11) is 0. The Balaban J connectivity index is 3.07. The Bertz CT molecular complexity index is 449. The van der Waals surface area contributed by atoms with Crippen LogP contribution < -0.4 is 0 Å². The van der Waals surface area contributed by atoms with Gasteiger partial charge in [0.1, 0.15) is 11.2 Å². The number of alkyl halides is 1. The summed E-state index contributed by atoms with van der Waals surface area (Å²) in [6, 6.07) is 0.999. The number of likely N-dealkylation sites (N-methyl/N-ethyl adjacent to an activating group) is 1. The van der Waals surface area contributed by atoms with Crippen molar-refractivity contribution < 1.29 is 18.0 Å². The number of carbonyl (C=O) groups is 1. The predicted octanol–water partition coefficient (Wildman–Crippen LogP) is 3.25. The summed E-state index contributed by atoms with van der Waals surface area (Å²) in [6.45, 7) is 4.30. The van der Waals surface area contributed by atoms with Crippen LogP contribution in [0.25, 0.3) is 0 Å². The van der Waals surface area contributed by atoms with Crippen LogP contribution in [0.1, 0.15) is 24.8 Å². The maximum atomic E-state index is 13.5. The highest BCUT2D eigenvalue weighted by molar-refractivity contribution is 6.30. The van der Waals surface area contributed by atoms with E-state index in [0.29, 0.717) is 25.2 Å². The van der Waals surface area contributed by atoms with Crippen LogP contribution in [-0.4, -0.2) is 23.9 Å². The highest BCUT2D eigenvalue weighted by Gasteiger charge is 2.26. The zero-order valence-electron chi connectivity index (χ0n) is 10.0. The van der Waals surface area contributed by atoms with E-state index in [1.807, 2.05) is 0 Å². The van der Waals surface area contributed by atoms with Crippen LogP contribution >= 0.6 is 11.6 Å². The van der Waals surface area contributed by atoms with Gasteiger partial charge in [0.15, 0.2) is 11.6 Å². The number of halogens is 4. The van der Waals surface area contributed by atoms with Crippen LogP contribution in [0.2, 0.25) is 0 Å². The van der Waals surface area contributed by atoms with E-state index in [-0.39, 0.29) is 5.56 Å². The molecule has 0 aliphatic rings. The Hall–Kier alpha value is -1.23. The largest absolute Gasteiger partial charge is 0.342 e. The summed E-state index contributed by atoms with van der Waals surface area (Å²) in [5, 5.41) is -1.36. The molecule has 1 unspecified atom stereocenters. The number of hydrogen-bond donors (Lipinski definition) is 0. The van der Waals surface area contributed by atoms with Crippen LogP contribution in [0.15, 0.2) is 12.1 Å². The molecule has 1 amide bonds. The van der Waals surface area contributed by atoms with E-state index in [2.05, 4.69) is 0 Å². The molecule has 1 atom stereocenters. The van der Waals surface area contributed by atoms with Gasteiger partial charge in [0.05, 0.1) is 0 Å². The van der Waals surface area contributed by atoms with E-state index >= 15 is 0 Å². The second-order valence-corrected chi connectivity index (χ2v) is 4.10. The van der Waals surface area contributed by atoms with E-state index < -0.39 is 28.7 Å². The average Bonchev–Trinajstić information content (AvgIpc) is 2.34. The molecule has 0 bridgehead atoms. The van der Waals surface area contributed by atoms with Crippen molar-refractivity contribution in [3.8, 4) is 0 Å². The lowest BCUT2D eigenvalue weighted by Gasteiger charge is -2.22. The summed E-state index contributed by atoms with van der Waals surface area (Å²) >= 11 is 5.82. The van der Waals surface area contributed by atoms with Gasteiger partial charge in [-0.25, -0.2) is 13.2 Å². The fourth-order valence-electron chi connectivity index (χ4n) is 1.56. The molecule has 1 rings (SSSR count). The monoisotopic (exact) mass is 279 g/mol. The first-order chi connectivity index (χ1) is 8.42. The number of benzene rings is 1. The van der Waals surface area contributed by atoms with Crippen LogP contribution in [0.3, 0.4) is 0 Å². The third-order valence-electron chi connectivity index (χ3n) is 2.60. The van der Waals surface area contributed by atoms with Gasteiger partial charge < -0.3 is 4.90 Å². The average molecular weight is 280 g/mol. The summed E-state index contributed by atoms with van der Waals surface area (Å²) < 4.78 is 39.2. The van der Waals surface area contributed by atoms with Crippen molar-refractivity contribution in [2.45, 2.75) is 19.2 Å². The van der Waals surface area contributed by atoms with E-state index in [4.69, 9.17) is 11.6 Å². The maximum absolute atomic E-state index is 13.5. The molecule has 0 N–H and O–H groups in total. The molecule has 6 heteroatoms. The molecular weight excluding hydrogens is 267 g/mol. The standard InChI is InChI=1S/C12H13ClF3NO/c1-3-17(4-2)12(18)11(13)7-5-9(15)10(16)6-8(7)14/h5-6,11H,3-4H2,1-2H3. The summed E-state index contributed by atoms with van der Waals surface area (Å²) in [4.78, 5) is 13.3. The first-order valence-electron chi connectivity index (χ1n) is 5.49. The van der Waals surface area contributed by atoms with Gasteiger partial charge in [-0.2, -0.15) is 0 Å². The van der Waals surface area contributed by atoms with Crippen molar-refractivity contribution >= 4 is 17.5 Å². The van der Waals surface area contributed by atoms with Crippen LogP contribution in [-0.2, 0) is 4.79 Å². The molecule has 0 aliphatic carbocycles. The minimum absolute atomic E-state index is 0.354. The van der Waals surface area contributed by atoms with E-state index in [1.54, 1.807) is 13.8 Å². The van der Waals surface area contributed by atoms with Gasteiger partial charge >= 0.3 is 0 Å². The smallest absolute Gasteiger partial charge is 0.245 e. The number of hydrogen-bond acceptors (Lipinski definition) is 1. The number of nitrogens with zero attached hydrogens (tertiary/aromatic N) is 1. The van der Waals surface area contributed by atoms with Crippen LogP contribution in [0.4, 0.5) is 13.2 Å². The minimum Gasteiger partial charge on any atom is -0.342 e. The highest BCUT2D eigenvalue weighted by Crippen LogP contribution is 2.27. The lowest BCUT2D eigenvalue weighted by Crippen LogP contribution is -2.33. The Labute approximate surface area is 108 Å². The van der Waals surface area contributed by atoms with Crippen molar-refractivity contribution in [1.82, 2.24) is 4.90 Å². The fraction of sp³-hybridized carbons (Fsp3) is 0.417. The van der Waals surface area contributed by atoms with Gasteiger partial charge in [0.2, 0.25) is 5.91 Å². The van der Waals surface area contributed by atoms with E-state index in [0.717, 1.165) is 0 Å². The molecule has 0 aliphatic heterocycles. The van der Waals surface area contributed by atoms with Gasteiger partial charge in [-0.05, 0) is 19.9 Å². The first kappa shape index (κ1) is 14.8. The zero-order valence-corrected chi connectivity index (χ0v) is 10.8. The lowest BCUT2D eigenvalue weighted by molar-refractivity contribution is -0.130. The molecule has 0 saturated carbocycles. The molecule has 1 aromatic carbocycles. The fourth-order valence-corrected chi connectivity index (χ4v) is 1.87. The number of amides is 1. The SMILES string of the molecule is CCN(CC)C(=O)C(Cl)c1cc(F)c(F)cc1F. The number of carbonyl (C=O) groups excluding carboxylic acids is 1. The van der Waals surface area contributed by atoms with Crippen molar-refractivity contribution in [1.29, 1.82) is 0 Å². The molecule has 0 spiro atoms. The lowest BCUT2D eigenvalue weighted by atomic mass is 10.1. The molecule has 0 heterocycles. The van der Waals surface area contributed by atoms with Crippen molar-refractivity contribution in [3.63, 3.8) is 0 Å². The summed E-state index contributed by atoms with van der Waals surface area (Å²) in [5.74, 6) is -4.11. The minimum atomic E-state index is -1.36. The second kappa shape index (κ2) is 6.09. The molecule has 0 aromatic heterocycles. The molecule has 0 fully saturated rings. The molecule has 0 radical (unpaired) electrons. The molecule has 0 saturated heterocycles. The quantitative estimate of drug-likeness (QED) is 0.612. The Morgan fingerprint density at radius 1 is 1.17 bits per heavy atom. The number of rotatable bonds is 4. The van der Waals surface area contributed by atoms with E-state index in [1.165, 1.54) is 4.90 Å². The Morgan fingerprint density at radius 2 is 1.67 bits per heavy atom. The van der Waals surface area contributed by atoms with Gasteiger partial charge in [-0.3, -0.25) is 4.79 Å². The van der Waals surface area contributed by atoms with Gasteiger partial charge in [0, 0.05) is 24.7 Å². The van der Waals surface area contributed by atoms with Crippen molar-refractivity contribution in [3.05, 3.63) is 35.1 Å². The second-order valence-electron chi connectivity index (χ2n) is 3.66. The van der Waals surface area contributed by atoms with Gasteiger partial charge in [0.25, 0.3) is 0 Å².